The lowest BCUT2D eigenvalue weighted by molar-refractivity contribution is -0.284. The lowest BCUT2D eigenvalue weighted by Gasteiger charge is -2.37. The highest BCUT2D eigenvalue weighted by atomic mass is 16.7. The first-order valence-corrected chi connectivity index (χ1v) is 6.92. The summed E-state index contributed by atoms with van der Waals surface area (Å²) in [5.74, 6) is 1.18. The molecule has 1 unspecified atom stereocenters. The van der Waals surface area contributed by atoms with Crippen LogP contribution in [0.3, 0.4) is 0 Å². The van der Waals surface area contributed by atoms with Gasteiger partial charge in [-0.2, -0.15) is 0 Å². The van der Waals surface area contributed by atoms with Crippen LogP contribution >= 0.6 is 0 Å². The molecule has 0 radical (unpaired) electrons. The number of aliphatic hydroxyl groups is 4. The summed E-state index contributed by atoms with van der Waals surface area (Å²) in [6.45, 7) is -0.559. The number of benzene rings is 1. The van der Waals surface area contributed by atoms with E-state index >= 15 is 0 Å². The Morgan fingerprint density at radius 3 is 2.73 bits per heavy atom. The minimum atomic E-state index is -1.43. The zero-order valence-corrected chi connectivity index (χ0v) is 11.7. The van der Waals surface area contributed by atoms with E-state index in [-0.39, 0.29) is 13.4 Å². The Kier molecular flexibility index (Phi) is 4.48. The third-order valence-electron chi connectivity index (χ3n) is 3.67. The van der Waals surface area contributed by atoms with Crippen LogP contribution < -0.4 is 9.47 Å². The predicted octanol–water partition coefficient (Wildman–Crippen LogP) is -1.10. The molecule has 2 aliphatic rings. The summed E-state index contributed by atoms with van der Waals surface area (Å²) < 4.78 is 21.4. The van der Waals surface area contributed by atoms with Gasteiger partial charge in [0, 0.05) is 5.56 Å². The molecular weight excluding hydrogens is 296 g/mol. The normalized spacial score (nSPS) is 30.1. The number of aliphatic hydroxyl groups excluding tert-OH is 4. The molecule has 2 heterocycles. The third-order valence-corrected chi connectivity index (χ3v) is 3.67. The maximum Gasteiger partial charge on any atom is 0.231 e. The van der Waals surface area contributed by atoms with E-state index in [1.54, 1.807) is 18.2 Å². The van der Waals surface area contributed by atoms with Gasteiger partial charge in [0.05, 0.1) is 13.2 Å². The fraction of sp³-hybridized carbons (Fsp3) is 0.571. The van der Waals surface area contributed by atoms with Gasteiger partial charge in [-0.1, -0.05) is 0 Å². The highest BCUT2D eigenvalue weighted by Crippen LogP contribution is 2.37. The van der Waals surface area contributed by atoms with Crippen LogP contribution in [0.25, 0.3) is 0 Å². The Morgan fingerprint density at radius 2 is 1.95 bits per heavy atom. The Labute approximate surface area is 126 Å². The zero-order chi connectivity index (χ0) is 15.7. The lowest BCUT2D eigenvalue weighted by Crippen LogP contribution is -2.52. The maximum absolute atomic E-state index is 9.94. The number of ether oxygens (including phenoxy) is 4. The molecule has 122 valence electrons. The van der Waals surface area contributed by atoms with Crippen molar-refractivity contribution in [2.75, 3.05) is 20.0 Å². The molecule has 1 saturated heterocycles. The van der Waals surface area contributed by atoms with Crippen molar-refractivity contribution in [3.05, 3.63) is 23.8 Å². The Balaban J connectivity index is 1.75. The van der Waals surface area contributed by atoms with E-state index in [9.17, 15) is 15.3 Å². The van der Waals surface area contributed by atoms with E-state index in [0.717, 1.165) is 0 Å². The predicted molar refractivity (Wildman–Crippen MR) is 71.2 cm³/mol. The minimum absolute atomic E-state index is 0.0705. The highest BCUT2D eigenvalue weighted by Gasteiger charge is 2.39. The largest absolute Gasteiger partial charge is 0.454 e. The van der Waals surface area contributed by atoms with Crippen LogP contribution in [0.2, 0.25) is 0 Å². The van der Waals surface area contributed by atoms with Gasteiger partial charge < -0.3 is 39.4 Å². The molecule has 8 heteroatoms. The van der Waals surface area contributed by atoms with Gasteiger partial charge in [0.25, 0.3) is 0 Å². The summed E-state index contributed by atoms with van der Waals surface area (Å²) >= 11 is 0. The van der Waals surface area contributed by atoms with Crippen LogP contribution in [0.5, 0.6) is 11.5 Å². The van der Waals surface area contributed by atoms with Gasteiger partial charge in [-0.15, -0.1) is 0 Å². The first-order chi connectivity index (χ1) is 10.6. The van der Waals surface area contributed by atoms with Crippen molar-refractivity contribution in [3.8, 4) is 11.5 Å². The van der Waals surface area contributed by atoms with E-state index in [0.29, 0.717) is 17.1 Å². The minimum Gasteiger partial charge on any atom is -0.454 e. The second kappa shape index (κ2) is 6.37. The van der Waals surface area contributed by atoms with Crippen molar-refractivity contribution < 1.29 is 39.4 Å². The van der Waals surface area contributed by atoms with Crippen molar-refractivity contribution in [1.82, 2.24) is 0 Å². The topological polar surface area (TPSA) is 118 Å². The van der Waals surface area contributed by atoms with Gasteiger partial charge in [-0.25, -0.2) is 0 Å². The summed E-state index contributed by atoms with van der Waals surface area (Å²) in [6.07, 6.45) is -5.85. The summed E-state index contributed by atoms with van der Waals surface area (Å²) in [7, 11) is 0. The standard InChI is InChI=1S/C14H18O8/c15-4-8(16)12(18)13-9(17)5-19-14(22-13)7-1-2-10-11(3-7)21-6-20-10/h1-3,8-9,12-18H,4-6H2/t8-,9+,12-,13-,14?/m1/s1. The first kappa shape index (κ1) is 15.5. The fourth-order valence-corrected chi connectivity index (χ4v) is 2.42. The van der Waals surface area contributed by atoms with Crippen LogP contribution in [0.1, 0.15) is 11.9 Å². The summed E-state index contributed by atoms with van der Waals surface area (Å²) in [5.41, 5.74) is 0.631. The fourth-order valence-electron chi connectivity index (χ4n) is 2.42. The van der Waals surface area contributed by atoms with Gasteiger partial charge in [-0.3, -0.25) is 0 Å². The number of rotatable bonds is 4. The Morgan fingerprint density at radius 1 is 1.18 bits per heavy atom. The van der Waals surface area contributed by atoms with E-state index in [1.807, 2.05) is 0 Å². The monoisotopic (exact) mass is 314 g/mol. The van der Waals surface area contributed by atoms with Gasteiger partial charge in [0.2, 0.25) is 6.79 Å². The molecule has 4 N–H and O–H groups in total. The van der Waals surface area contributed by atoms with Gasteiger partial charge >= 0.3 is 0 Å². The molecule has 1 fully saturated rings. The summed E-state index contributed by atoms with van der Waals surface area (Å²) in [5, 5.41) is 38.2. The number of hydrogen-bond acceptors (Lipinski definition) is 8. The second-order valence-electron chi connectivity index (χ2n) is 5.19. The SMILES string of the molecule is OC[C@@H](O)[C@@H](O)[C@@H]1OC(c2ccc3c(c2)OCO3)OC[C@@H]1O. The molecule has 22 heavy (non-hydrogen) atoms. The molecule has 8 nitrogen and oxygen atoms in total. The molecule has 1 aromatic rings. The average molecular weight is 314 g/mol. The van der Waals surface area contributed by atoms with Crippen molar-refractivity contribution in [2.45, 2.75) is 30.7 Å². The molecule has 1 aromatic carbocycles. The van der Waals surface area contributed by atoms with E-state index in [4.69, 9.17) is 24.1 Å². The van der Waals surface area contributed by atoms with Crippen LogP contribution in [0, 0.1) is 0 Å². The number of hydrogen-bond donors (Lipinski definition) is 4. The van der Waals surface area contributed by atoms with Crippen LogP contribution in [-0.4, -0.2) is 64.8 Å². The Hall–Kier alpha value is -1.42. The van der Waals surface area contributed by atoms with E-state index < -0.39 is 37.3 Å². The second-order valence-corrected chi connectivity index (χ2v) is 5.19. The molecule has 0 amide bonds. The average Bonchev–Trinajstić information content (AvgIpc) is 3.01. The molecule has 2 aliphatic heterocycles. The molecule has 0 aliphatic carbocycles. The molecular formula is C14H18O8. The van der Waals surface area contributed by atoms with Crippen LogP contribution in [0.4, 0.5) is 0 Å². The summed E-state index contributed by atoms with van der Waals surface area (Å²) in [4.78, 5) is 0. The lowest BCUT2D eigenvalue weighted by atomic mass is 10.0. The first-order valence-electron chi connectivity index (χ1n) is 6.92. The van der Waals surface area contributed by atoms with Crippen molar-refractivity contribution in [1.29, 1.82) is 0 Å². The molecule has 0 saturated carbocycles. The third kappa shape index (κ3) is 2.89. The molecule has 5 atom stereocenters. The van der Waals surface area contributed by atoms with Gasteiger partial charge in [0.1, 0.15) is 24.4 Å². The summed E-state index contributed by atoms with van der Waals surface area (Å²) in [6, 6.07) is 5.13. The highest BCUT2D eigenvalue weighted by molar-refractivity contribution is 5.44. The smallest absolute Gasteiger partial charge is 0.231 e. The van der Waals surface area contributed by atoms with Crippen molar-refractivity contribution >= 4 is 0 Å². The van der Waals surface area contributed by atoms with E-state index in [2.05, 4.69) is 0 Å². The zero-order valence-electron chi connectivity index (χ0n) is 11.7. The molecule has 0 bridgehead atoms. The van der Waals surface area contributed by atoms with Crippen LogP contribution in [-0.2, 0) is 9.47 Å². The van der Waals surface area contributed by atoms with Crippen molar-refractivity contribution in [2.24, 2.45) is 0 Å². The van der Waals surface area contributed by atoms with Crippen LogP contribution in [0.15, 0.2) is 18.2 Å². The van der Waals surface area contributed by atoms with Gasteiger partial charge in [0.15, 0.2) is 17.8 Å². The quantitative estimate of drug-likeness (QED) is 0.553. The van der Waals surface area contributed by atoms with Gasteiger partial charge in [-0.05, 0) is 18.2 Å². The maximum atomic E-state index is 9.94. The Bertz CT molecular complexity index is 522. The molecule has 0 spiro atoms. The van der Waals surface area contributed by atoms with Crippen molar-refractivity contribution in [3.63, 3.8) is 0 Å². The molecule has 0 aromatic heterocycles. The number of fused-ring (bicyclic) bond motifs is 1. The molecule has 3 rings (SSSR count). The van der Waals surface area contributed by atoms with E-state index in [1.165, 1.54) is 0 Å².